The Morgan fingerprint density at radius 3 is 2.29 bits per heavy atom. The van der Waals surface area contributed by atoms with Gasteiger partial charge in [-0.3, -0.25) is 9.69 Å². The summed E-state index contributed by atoms with van der Waals surface area (Å²) in [4.78, 5) is 26.3. The van der Waals surface area contributed by atoms with Crippen LogP contribution in [-0.2, 0) is 4.79 Å². The van der Waals surface area contributed by atoms with Gasteiger partial charge in [0.2, 0.25) is 0 Å². The van der Waals surface area contributed by atoms with E-state index in [9.17, 15) is 14.7 Å². The van der Waals surface area contributed by atoms with Crippen molar-refractivity contribution < 1.29 is 19.8 Å². The Morgan fingerprint density at radius 2 is 1.86 bits per heavy atom. The molecule has 6 nitrogen and oxygen atoms in total. The fourth-order valence-electron chi connectivity index (χ4n) is 1.84. The smallest absolute Gasteiger partial charge is 0.325 e. The molecule has 0 aliphatic rings. The largest absolute Gasteiger partial charge is 0.508 e. The number of hydrogen-bond donors (Lipinski definition) is 2. The van der Waals surface area contributed by atoms with Crippen molar-refractivity contribution in [2.75, 3.05) is 18.0 Å². The number of rotatable bonds is 6. The molecular formula is C15H20N2O4. The van der Waals surface area contributed by atoms with E-state index in [1.54, 1.807) is 6.08 Å². The van der Waals surface area contributed by atoms with E-state index in [4.69, 9.17) is 5.11 Å². The van der Waals surface area contributed by atoms with Crippen LogP contribution < -0.4 is 4.90 Å². The zero-order chi connectivity index (χ0) is 16.0. The van der Waals surface area contributed by atoms with Gasteiger partial charge in [-0.1, -0.05) is 6.08 Å². The predicted molar refractivity (Wildman–Crippen MR) is 80.5 cm³/mol. The van der Waals surface area contributed by atoms with Crippen LogP contribution in [0.3, 0.4) is 0 Å². The van der Waals surface area contributed by atoms with Crippen molar-refractivity contribution in [2.24, 2.45) is 0 Å². The third-order valence-corrected chi connectivity index (χ3v) is 2.88. The molecule has 6 heteroatoms. The van der Waals surface area contributed by atoms with Gasteiger partial charge in [-0.15, -0.1) is 6.58 Å². The molecule has 0 aromatic heterocycles. The van der Waals surface area contributed by atoms with Gasteiger partial charge >= 0.3 is 12.0 Å². The number of carboxylic acids is 1. The van der Waals surface area contributed by atoms with Crippen LogP contribution in [0.4, 0.5) is 10.5 Å². The van der Waals surface area contributed by atoms with Crippen LogP contribution in [0.15, 0.2) is 36.9 Å². The quantitative estimate of drug-likeness (QED) is 0.788. The number of hydrogen-bond acceptors (Lipinski definition) is 3. The lowest BCUT2D eigenvalue weighted by Gasteiger charge is -2.31. The second kappa shape index (κ2) is 7.33. The Balaban J connectivity index is 3.11. The van der Waals surface area contributed by atoms with Crippen molar-refractivity contribution in [1.29, 1.82) is 0 Å². The van der Waals surface area contributed by atoms with Crippen LogP contribution in [0.2, 0.25) is 0 Å². The summed E-state index contributed by atoms with van der Waals surface area (Å²) in [5, 5.41) is 18.3. The summed E-state index contributed by atoms with van der Waals surface area (Å²) >= 11 is 0. The summed E-state index contributed by atoms with van der Waals surface area (Å²) < 4.78 is 0. The number of phenols is 1. The number of carbonyl (C=O) groups excluding carboxylic acids is 1. The summed E-state index contributed by atoms with van der Waals surface area (Å²) in [6.07, 6.45) is 1.59. The molecule has 0 heterocycles. The van der Waals surface area contributed by atoms with Crippen LogP contribution >= 0.6 is 0 Å². The van der Waals surface area contributed by atoms with Crippen LogP contribution in [0.5, 0.6) is 5.75 Å². The van der Waals surface area contributed by atoms with Crippen LogP contribution in [-0.4, -0.2) is 46.2 Å². The average Bonchev–Trinajstić information content (AvgIpc) is 2.42. The van der Waals surface area contributed by atoms with Gasteiger partial charge in [0, 0.05) is 18.3 Å². The Bertz CT molecular complexity index is 511. The molecule has 1 aromatic rings. The number of phenolic OH excluding ortho intramolecular Hbond substituents is 1. The molecule has 0 spiro atoms. The Labute approximate surface area is 123 Å². The van der Waals surface area contributed by atoms with E-state index in [1.807, 2.05) is 13.8 Å². The monoisotopic (exact) mass is 292 g/mol. The fraction of sp³-hybridized carbons (Fsp3) is 0.333. The predicted octanol–water partition coefficient (Wildman–Crippen LogP) is 2.30. The van der Waals surface area contributed by atoms with E-state index in [0.717, 1.165) is 4.90 Å². The first-order valence-electron chi connectivity index (χ1n) is 6.56. The number of carbonyl (C=O) groups is 2. The molecule has 0 radical (unpaired) electrons. The number of anilines is 1. The minimum atomic E-state index is -1.11. The minimum absolute atomic E-state index is 0.0493. The van der Waals surface area contributed by atoms with Crippen LogP contribution in [0.25, 0.3) is 0 Å². The van der Waals surface area contributed by atoms with Gasteiger partial charge in [0.05, 0.1) is 0 Å². The van der Waals surface area contributed by atoms with Crippen molar-refractivity contribution in [3.63, 3.8) is 0 Å². The molecule has 0 aliphatic heterocycles. The highest BCUT2D eigenvalue weighted by Crippen LogP contribution is 2.20. The zero-order valence-corrected chi connectivity index (χ0v) is 12.2. The highest BCUT2D eigenvalue weighted by Gasteiger charge is 2.25. The van der Waals surface area contributed by atoms with Gasteiger partial charge in [0.15, 0.2) is 0 Å². The maximum absolute atomic E-state index is 12.6. The summed E-state index contributed by atoms with van der Waals surface area (Å²) in [5.74, 6) is -1.06. The number of amides is 2. The van der Waals surface area contributed by atoms with Crippen molar-refractivity contribution in [3.05, 3.63) is 36.9 Å². The lowest BCUT2D eigenvalue weighted by Crippen LogP contribution is -2.48. The highest BCUT2D eigenvalue weighted by atomic mass is 16.4. The summed E-state index contributed by atoms with van der Waals surface area (Å²) in [5.41, 5.74) is 0.412. The molecule has 1 aromatic carbocycles. The fourth-order valence-corrected chi connectivity index (χ4v) is 1.84. The average molecular weight is 292 g/mol. The zero-order valence-electron chi connectivity index (χ0n) is 12.2. The lowest BCUT2D eigenvalue weighted by molar-refractivity contribution is -0.135. The van der Waals surface area contributed by atoms with E-state index < -0.39 is 18.5 Å². The molecule has 0 saturated carbocycles. The molecule has 2 N–H and O–H groups in total. The van der Waals surface area contributed by atoms with Crippen LogP contribution in [0.1, 0.15) is 13.8 Å². The number of aromatic hydroxyl groups is 1. The Kier molecular flexibility index (Phi) is 5.78. The number of aliphatic carboxylic acids is 1. The number of nitrogens with zero attached hydrogens (tertiary/aromatic N) is 2. The van der Waals surface area contributed by atoms with Crippen molar-refractivity contribution >= 4 is 17.7 Å². The number of benzene rings is 1. The Morgan fingerprint density at radius 1 is 1.29 bits per heavy atom. The van der Waals surface area contributed by atoms with Crippen molar-refractivity contribution in [2.45, 2.75) is 19.9 Å². The summed E-state index contributed by atoms with van der Waals surface area (Å²) in [6.45, 7) is 7.17. The molecule has 0 aliphatic carbocycles. The second-order valence-corrected chi connectivity index (χ2v) is 4.81. The van der Waals surface area contributed by atoms with E-state index in [1.165, 1.54) is 29.2 Å². The van der Waals surface area contributed by atoms with Crippen LogP contribution in [0, 0.1) is 0 Å². The molecule has 2 amide bonds. The molecule has 0 fully saturated rings. The standard InChI is InChI=1S/C15H20N2O4/c1-4-9-16(11(2)3)15(21)17(10-14(19)20)12-5-7-13(18)8-6-12/h4-8,11,18H,1,9-10H2,2-3H3,(H,19,20). The van der Waals surface area contributed by atoms with Crippen molar-refractivity contribution in [3.8, 4) is 5.75 Å². The number of urea groups is 1. The third-order valence-electron chi connectivity index (χ3n) is 2.88. The van der Waals surface area contributed by atoms with Gasteiger partial charge in [0.25, 0.3) is 0 Å². The normalized spacial score (nSPS) is 10.2. The van der Waals surface area contributed by atoms with Gasteiger partial charge in [-0.05, 0) is 38.1 Å². The molecule has 1 rings (SSSR count). The maximum atomic E-state index is 12.6. The Hall–Kier alpha value is -2.50. The van der Waals surface area contributed by atoms with E-state index in [2.05, 4.69) is 6.58 Å². The molecule has 0 saturated heterocycles. The topological polar surface area (TPSA) is 81.1 Å². The van der Waals surface area contributed by atoms with E-state index in [-0.39, 0.29) is 11.8 Å². The van der Waals surface area contributed by atoms with E-state index >= 15 is 0 Å². The SMILES string of the molecule is C=CCN(C(=O)N(CC(=O)O)c1ccc(O)cc1)C(C)C. The first kappa shape index (κ1) is 16.6. The molecular weight excluding hydrogens is 272 g/mol. The first-order valence-corrected chi connectivity index (χ1v) is 6.56. The molecule has 0 atom stereocenters. The number of carboxylic acid groups (broad SMARTS) is 1. The summed E-state index contributed by atoms with van der Waals surface area (Å²) in [6, 6.07) is 5.31. The van der Waals surface area contributed by atoms with E-state index in [0.29, 0.717) is 12.2 Å². The third kappa shape index (κ3) is 4.52. The lowest BCUT2D eigenvalue weighted by atomic mass is 10.2. The molecule has 0 unspecified atom stereocenters. The van der Waals surface area contributed by atoms with Crippen molar-refractivity contribution in [1.82, 2.24) is 4.90 Å². The minimum Gasteiger partial charge on any atom is -0.508 e. The summed E-state index contributed by atoms with van der Waals surface area (Å²) in [7, 11) is 0. The maximum Gasteiger partial charge on any atom is 0.325 e. The molecule has 114 valence electrons. The molecule has 21 heavy (non-hydrogen) atoms. The molecule has 0 bridgehead atoms. The van der Waals surface area contributed by atoms with Gasteiger partial charge in [0.1, 0.15) is 12.3 Å². The van der Waals surface area contributed by atoms with Gasteiger partial charge < -0.3 is 15.1 Å². The van der Waals surface area contributed by atoms with Gasteiger partial charge in [-0.2, -0.15) is 0 Å². The highest BCUT2D eigenvalue weighted by molar-refractivity contribution is 5.96. The first-order chi connectivity index (χ1) is 9.86. The van der Waals surface area contributed by atoms with Gasteiger partial charge in [-0.25, -0.2) is 4.79 Å². The second-order valence-electron chi connectivity index (χ2n) is 4.81.